The van der Waals surface area contributed by atoms with E-state index in [0.717, 1.165) is 6.07 Å². The van der Waals surface area contributed by atoms with Crippen LogP contribution in [0.2, 0.25) is 5.02 Å². The van der Waals surface area contributed by atoms with Gasteiger partial charge in [-0.25, -0.2) is 4.39 Å². The van der Waals surface area contributed by atoms with Crippen LogP contribution >= 0.6 is 34.9 Å². The zero-order chi connectivity index (χ0) is 19.1. The molecule has 1 aromatic heterocycles. The molecule has 0 bridgehead atoms. The van der Waals surface area contributed by atoms with Crippen molar-refractivity contribution in [2.45, 2.75) is 6.92 Å². The number of hydrogen-bond acceptors (Lipinski definition) is 3. The predicted molar refractivity (Wildman–Crippen MR) is 104 cm³/mol. The molecule has 0 saturated heterocycles. The fourth-order valence-electron chi connectivity index (χ4n) is 2.79. The molecule has 0 aliphatic heterocycles. The molecule has 1 heterocycles. The topological polar surface area (TPSA) is 85.2 Å². The van der Waals surface area contributed by atoms with Crippen molar-refractivity contribution in [2.24, 2.45) is 5.73 Å². The van der Waals surface area contributed by atoms with Crippen LogP contribution in [0, 0.1) is 5.82 Å². The van der Waals surface area contributed by atoms with Crippen LogP contribution in [-0.2, 0) is 9.09 Å². The van der Waals surface area contributed by atoms with Gasteiger partial charge in [-0.1, -0.05) is 27.5 Å². The predicted octanol–water partition coefficient (Wildman–Crippen LogP) is 4.09. The number of aromatic nitrogens is 1. The van der Waals surface area contributed by atoms with Crippen LogP contribution in [-0.4, -0.2) is 17.5 Å². The van der Waals surface area contributed by atoms with Crippen LogP contribution in [0.3, 0.4) is 0 Å². The number of rotatable bonds is 5. The number of aromatic amines is 1. The van der Waals surface area contributed by atoms with Gasteiger partial charge < -0.3 is 15.2 Å². The molecule has 26 heavy (non-hydrogen) atoms. The van der Waals surface area contributed by atoms with Crippen molar-refractivity contribution < 1.29 is 18.3 Å². The molecule has 0 aliphatic rings. The van der Waals surface area contributed by atoms with Gasteiger partial charge in [0.25, 0.3) is 13.3 Å². The van der Waals surface area contributed by atoms with E-state index in [1.807, 2.05) is 0 Å². The number of carbonyl (C=O) groups excluding carboxylic acids is 1. The maximum atomic E-state index is 14.0. The Morgan fingerprint density at radius 3 is 2.69 bits per heavy atom. The Hall–Kier alpha value is -1.66. The molecule has 3 rings (SSSR count). The molecule has 0 aliphatic carbocycles. The minimum absolute atomic E-state index is 0.0561. The van der Waals surface area contributed by atoms with E-state index >= 15 is 0 Å². The summed E-state index contributed by atoms with van der Waals surface area (Å²) in [5, 5.41) is 1.01. The summed E-state index contributed by atoms with van der Waals surface area (Å²) in [6.07, 6.45) is 0. The van der Waals surface area contributed by atoms with Crippen molar-refractivity contribution in [1.82, 2.24) is 4.98 Å². The molecule has 0 radical (unpaired) electrons. The number of primary amides is 1. The fourth-order valence-corrected chi connectivity index (χ4v) is 6.07. The molecule has 5 nitrogen and oxygen atoms in total. The van der Waals surface area contributed by atoms with Crippen molar-refractivity contribution in [1.29, 1.82) is 0 Å². The van der Waals surface area contributed by atoms with E-state index < -0.39 is 19.1 Å². The van der Waals surface area contributed by atoms with Crippen molar-refractivity contribution in [3.8, 4) is 0 Å². The van der Waals surface area contributed by atoms with Gasteiger partial charge in [-0.2, -0.15) is 0 Å². The van der Waals surface area contributed by atoms with E-state index in [-0.39, 0.29) is 22.9 Å². The quantitative estimate of drug-likeness (QED) is 0.564. The zero-order valence-electron chi connectivity index (χ0n) is 13.6. The number of hydrogen-bond donors (Lipinski definition) is 2. The molecule has 0 saturated carbocycles. The lowest BCUT2D eigenvalue weighted by atomic mass is 10.2. The third kappa shape index (κ3) is 3.32. The normalized spacial score (nSPS) is 13.7. The van der Waals surface area contributed by atoms with Gasteiger partial charge in [-0.3, -0.25) is 9.36 Å². The number of nitrogens with one attached hydrogen (secondary N) is 1. The number of amides is 1. The summed E-state index contributed by atoms with van der Waals surface area (Å²) < 4.78 is 33.9. The number of fused-ring (bicyclic) bond motifs is 1. The van der Waals surface area contributed by atoms with Gasteiger partial charge in [0.15, 0.2) is 0 Å². The molecule has 3 aromatic rings. The SMILES string of the molecule is CCOP(=O)(c1cc(F)cc(Br)c1)c1c(C(N)=O)[nH]c2ccc(Cl)cc12. The van der Waals surface area contributed by atoms with Crippen LogP contribution in [0.25, 0.3) is 10.9 Å². The van der Waals surface area contributed by atoms with E-state index in [1.54, 1.807) is 25.1 Å². The van der Waals surface area contributed by atoms with Crippen molar-refractivity contribution >= 4 is 62.3 Å². The first-order chi connectivity index (χ1) is 12.3. The molecule has 9 heteroatoms. The third-order valence-electron chi connectivity index (χ3n) is 3.77. The van der Waals surface area contributed by atoms with Crippen LogP contribution in [0.4, 0.5) is 4.39 Å². The number of H-pyrrole nitrogens is 1. The number of carbonyl (C=O) groups is 1. The van der Waals surface area contributed by atoms with Gasteiger partial charge in [-0.15, -0.1) is 0 Å². The van der Waals surface area contributed by atoms with E-state index in [9.17, 15) is 13.8 Å². The first-order valence-corrected chi connectivity index (χ1v) is 10.4. The average molecular weight is 460 g/mol. The van der Waals surface area contributed by atoms with Gasteiger partial charge >= 0.3 is 0 Å². The summed E-state index contributed by atoms with van der Waals surface area (Å²) >= 11 is 9.27. The molecule has 0 fully saturated rings. The van der Waals surface area contributed by atoms with Crippen molar-refractivity contribution in [3.63, 3.8) is 0 Å². The molecule has 3 N–H and O–H groups in total. The first-order valence-electron chi connectivity index (χ1n) is 7.59. The summed E-state index contributed by atoms with van der Waals surface area (Å²) in [7, 11) is -3.85. The lowest BCUT2D eigenvalue weighted by Crippen LogP contribution is -2.26. The largest absolute Gasteiger partial charge is 0.364 e. The number of benzene rings is 2. The monoisotopic (exact) mass is 458 g/mol. The van der Waals surface area contributed by atoms with Gasteiger partial charge in [0.1, 0.15) is 11.5 Å². The second kappa shape index (κ2) is 7.16. The Morgan fingerprint density at radius 2 is 2.08 bits per heavy atom. The minimum Gasteiger partial charge on any atom is -0.364 e. The van der Waals surface area contributed by atoms with E-state index in [0.29, 0.717) is 20.4 Å². The van der Waals surface area contributed by atoms with Crippen LogP contribution < -0.4 is 16.3 Å². The molecule has 1 atom stereocenters. The molecular formula is C17H14BrClFN2O3P. The van der Waals surface area contributed by atoms with Crippen LogP contribution in [0.5, 0.6) is 0 Å². The number of nitrogens with two attached hydrogens (primary N) is 1. The zero-order valence-corrected chi connectivity index (χ0v) is 16.8. The lowest BCUT2D eigenvalue weighted by molar-refractivity contribution is 0.0997. The molecule has 0 spiro atoms. The van der Waals surface area contributed by atoms with E-state index in [2.05, 4.69) is 20.9 Å². The minimum atomic E-state index is -3.85. The van der Waals surface area contributed by atoms with Gasteiger partial charge in [0.05, 0.1) is 11.9 Å². The van der Waals surface area contributed by atoms with Crippen molar-refractivity contribution in [3.05, 3.63) is 57.4 Å². The summed E-state index contributed by atoms with van der Waals surface area (Å²) in [5.74, 6) is -1.39. The summed E-state index contributed by atoms with van der Waals surface area (Å²) in [6.45, 7) is 1.74. The van der Waals surface area contributed by atoms with Crippen LogP contribution in [0.1, 0.15) is 17.4 Å². The smallest absolute Gasteiger partial charge is 0.266 e. The van der Waals surface area contributed by atoms with Gasteiger partial charge in [-0.05, 0) is 43.3 Å². The average Bonchev–Trinajstić information content (AvgIpc) is 2.93. The number of halogens is 3. The Kier molecular flexibility index (Phi) is 5.26. The highest BCUT2D eigenvalue weighted by molar-refractivity contribution is 9.10. The summed E-state index contributed by atoms with van der Waals surface area (Å²) in [4.78, 5) is 14.9. The Bertz CT molecular complexity index is 1050. The highest BCUT2D eigenvalue weighted by atomic mass is 79.9. The Balaban J connectivity index is 2.42. The van der Waals surface area contributed by atoms with Gasteiger partial charge in [0.2, 0.25) is 0 Å². The molecule has 2 aromatic carbocycles. The summed E-state index contributed by atoms with van der Waals surface area (Å²) in [5.41, 5.74) is 5.95. The standard InChI is InChI=1S/C17H14BrClFN2O3P/c1-2-25-26(24,12-6-9(18)5-11(20)8-12)16-13-7-10(19)3-4-14(13)22-15(16)17(21)23/h3-8,22H,2H2,1H3,(H2,21,23). The maximum Gasteiger partial charge on any atom is 0.266 e. The van der Waals surface area contributed by atoms with E-state index in [1.165, 1.54) is 12.1 Å². The molecule has 1 unspecified atom stereocenters. The Morgan fingerprint density at radius 1 is 1.35 bits per heavy atom. The highest BCUT2D eigenvalue weighted by Gasteiger charge is 2.36. The molecular weight excluding hydrogens is 446 g/mol. The fraction of sp³-hybridized carbons (Fsp3) is 0.118. The maximum absolute atomic E-state index is 14.0. The second-order valence-corrected chi connectivity index (χ2v) is 9.18. The van der Waals surface area contributed by atoms with E-state index in [4.69, 9.17) is 21.9 Å². The first kappa shape index (κ1) is 19.1. The van der Waals surface area contributed by atoms with Gasteiger partial charge in [0, 0.05) is 25.7 Å². The van der Waals surface area contributed by atoms with Crippen molar-refractivity contribution in [2.75, 3.05) is 6.61 Å². The second-order valence-electron chi connectivity index (χ2n) is 5.50. The molecule has 136 valence electrons. The summed E-state index contributed by atoms with van der Waals surface area (Å²) in [6, 6.07) is 8.68. The highest BCUT2D eigenvalue weighted by Crippen LogP contribution is 2.48. The Labute approximate surface area is 162 Å². The molecule has 1 amide bonds. The lowest BCUT2D eigenvalue weighted by Gasteiger charge is -2.19. The third-order valence-corrected chi connectivity index (χ3v) is 7.08. The van der Waals surface area contributed by atoms with Crippen LogP contribution in [0.15, 0.2) is 40.9 Å².